The van der Waals surface area contributed by atoms with Crippen molar-refractivity contribution >= 4 is 11.9 Å². The van der Waals surface area contributed by atoms with Gasteiger partial charge in [0.2, 0.25) is 0 Å². The molecule has 2 rings (SSSR count). The second-order valence-electron chi connectivity index (χ2n) is 6.15. The summed E-state index contributed by atoms with van der Waals surface area (Å²) in [5.41, 5.74) is 2.07. The number of hydrogen-bond acceptors (Lipinski definition) is 4. The molecule has 0 saturated heterocycles. The third-order valence-corrected chi connectivity index (χ3v) is 3.83. The van der Waals surface area contributed by atoms with Crippen molar-refractivity contribution in [3.8, 4) is 5.75 Å². The van der Waals surface area contributed by atoms with Crippen LogP contribution in [0.15, 0.2) is 48.5 Å². The molecule has 0 unspecified atom stereocenters. The Hall–Kier alpha value is -2.89. The molecule has 0 aromatic heterocycles. The number of halogens is 1. The predicted molar refractivity (Wildman–Crippen MR) is 100.0 cm³/mol. The quantitative estimate of drug-likeness (QED) is 0.513. The van der Waals surface area contributed by atoms with E-state index in [0.717, 1.165) is 16.9 Å². The van der Waals surface area contributed by atoms with E-state index in [0.29, 0.717) is 26.0 Å². The number of rotatable bonds is 10. The average molecular weight is 373 g/mol. The largest absolute Gasteiger partial charge is 0.494 e. The van der Waals surface area contributed by atoms with Crippen molar-refractivity contribution in [1.29, 1.82) is 0 Å². The van der Waals surface area contributed by atoms with Gasteiger partial charge in [0.25, 0.3) is 5.91 Å². The van der Waals surface area contributed by atoms with Crippen LogP contribution in [0.3, 0.4) is 0 Å². The smallest absolute Gasteiger partial charge is 0.306 e. The summed E-state index contributed by atoms with van der Waals surface area (Å²) in [5.74, 6) is -0.328. The number of hydrogen-bond donors (Lipinski definition) is 1. The number of carbonyl (C=O) groups excluding carboxylic acids is 2. The zero-order chi connectivity index (χ0) is 19.5. The third-order valence-electron chi connectivity index (χ3n) is 3.83. The number of benzene rings is 2. The van der Waals surface area contributed by atoms with E-state index in [1.54, 1.807) is 12.1 Å². The van der Waals surface area contributed by atoms with Crippen molar-refractivity contribution < 1.29 is 23.5 Å². The topological polar surface area (TPSA) is 64.6 Å². The van der Waals surface area contributed by atoms with E-state index in [2.05, 4.69) is 5.32 Å². The highest BCUT2D eigenvalue weighted by Crippen LogP contribution is 2.11. The standard InChI is InChI=1S/C21H24FNO4/c1-16-4-10-19(11-5-16)26-14-2-3-21(25)27-15-20(24)23-13-12-17-6-8-18(22)9-7-17/h4-11H,2-3,12-15H2,1H3,(H,23,24). The van der Waals surface area contributed by atoms with Crippen LogP contribution in [0.1, 0.15) is 24.0 Å². The van der Waals surface area contributed by atoms with E-state index in [1.165, 1.54) is 12.1 Å². The van der Waals surface area contributed by atoms with Gasteiger partial charge in [-0.2, -0.15) is 0 Å². The fraction of sp³-hybridized carbons (Fsp3) is 0.333. The molecular weight excluding hydrogens is 349 g/mol. The van der Waals surface area contributed by atoms with Crippen LogP contribution in [-0.2, 0) is 20.7 Å². The van der Waals surface area contributed by atoms with E-state index in [4.69, 9.17) is 9.47 Å². The van der Waals surface area contributed by atoms with Crippen molar-refractivity contribution in [1.82, 2.24) is 5.32 Å². The summed E-state index contributed by atoms with van der Waals surface area (Å²) in [6.07, 6.45) is 1.28. The molecular formula is C21H24FNO4. The highest BCUT2D eigenvalue weighted by Gasteiger charge is 2.07. The number of carbonyl (C=O) groups is 2. The Labute approximate surface area is 158 Å². The Balaban J connectivity index is 1.52. The van der Waals surface area contributed by atoms with Gasteiger partial charge in [0.15, 0.2) is 6.61 Å². The Morgan fingerprint density at radius 1 is 1.04 bits per heavy atom. The van der Waals surface area contributed by atoms with E-state index in [1.807, 2.05) is 31.2 Å². The summed E-state index contributed by atoms with van der Waals surface area (Å²) in [7, 11) is 0. The minimum Gasteiger partial charge on any atom is -0.494 e. The molecule has 5 nitrogen and oxygen atoms in total. The van der Waals surface area contributed by atoms with Crippen LogP contribution >= 0.6 is 0 Å². The fourth-order valence-electron chi connectivity index (χ4n) is 2.31. The summed E-state index contributed by atoms with van der Waals surface area (Å²) in [6.45, 7) is 2.49. The first kappa shape index (κ1) is 20.4. The first-order valence-corrected chi connectivity index (χ1v) is 8.89. The zero-order valence-corrected chi connectivity index (χ0v) is 15.4. The summed E-state index contributed by atoms with van der Waals surface area (Å²) in [4.78, 5) is 23.3. The highest BCUT2D eigenvalue weighted by molar-refractivity contribution is 5.80. The second-order valence-corrected chi connectivity index (χ2v) is 6.15. The van der Waals surface area contributed by atoms with Crippen molar-refractivity contribution in [2.24, 2.45) is 0 Å². The molecule has 6 heteroatoms. The summed E-state index contributed by atoms with van der Waals surface area (Å²) in [5, 5.41) is 2.66. The van der Waals surface area contributed by atoms with Gasteiger partial charge in [0, 0.05) is 13.0 Å². The van der Waals surface area contributed by atoms with Gasteiger partial charge < -0.3 is 14.8 Å². The monoisotopic (exact) mass is 373 g/mol. The lowest BCUT2D eigenvalue weighted by atomic mass is 10.1. The number of amides is 1. The maximum Gasteiger partial charge on any atom is 0.306 e. The van der Waals surface area contributed by atoms with Crippen molar-refractivity contribution in [3.63, 3.8) is 0 Å². The van der Waals surface area contributed by atoms with E-state index in [-0.39, 0.29) is 24.8 Å². The van der Waals surface area contributed by atoms with Crippen molar-refractivity contribution in [2.45, 2.75) is 26.2 Å². The van der Waals surface area contributed by atoms with Gasteiger partial charge in [-0.05, 0) is 49.6 Å². The summed E-state index contributed by atoms with van der Waals surface area (Å²) in [6, 6.07) is 13.8. The molecule has 0 atom stereocenters. The van der Waals surface area contributed by atoms with Gasteiger partial charge in [-0.15, -0.1) is 0 Å². The third kappa shape index (κ3) is 8.35. The van der Waals surface area contributed by atoms with E-state index >= 15 is 0 Å². The predicted octanol–water partition coefficient (Wildman–Crippen LogP) is 3.20. The number of aryl methyl sites for hydroxylation is 1. The maximum atomic E-state index is 12.8. The number of nitrogens with one attached hydrogen (secondary N) is 1. The molecule has 27 heavy (non-hydrogen) atoms. The summed E-state index contributed by atoms with van der Waals surface area (Å²) < 4.78 is 23.3. The average Bonchev–Trinajstić information content (AvgIpc) is 2.66. The van der Waals surface area contributed by atoms with Crippen LogP contribution in [-0.4, -0.2) is 31.6 Å². The van der Waals surface area contributed by atoms with Crippen LogP contribution in [0.4, 0.5) is 4.39 Å². The van der Waals surface area contributed by atoms with Gasteiger partial charge >= 0.3 is 5.97 Å². The van der Waals surface area contributed by atoms with Crippen LogP contribution in [0.25, 0.3) is 0 Å². The van der Waals surface area contributed by atoms with Gasteiger partial charge in [-0.25, -0.2) is 4.39 Å². The van der Waals surface area contributed by atoms with Gasteiger partial charge in [-0.3, -0.25) is 9.59 Å². The molecule has 0 heterocycles. The van der Waals surface area contributed by atoms with Crippen LogP contribution in [0.2, 0.25) is 0 Å². The number of ether oxygens (including phenoxy) is 2. The fourth-order valence-corrected chi connectivity index (χ4v) is 2.31. The van der Waals surface area contributed by atoms with Gasteiger partial charge in [0.05, 0.1) is 6.61 Å². The number of esters is 1. The molecule has 1 amide bonds. The first-order valence-electron chi connectivity index (χ1n) is 8.89. The SMILES string of the molecule is Cc1ccc(OCCCC(=O)OCC(=O)NCCc2ccc(F)cc2)cc1. The van der Waals surface area contributed by atoms with E-state index in [9.17, 15) is 14.0 Å². The molecule has 2 aromatic rings. The molecule has 144 valence electrons. The minimum atomic E-state index is -0.434. The van der Waals surface area contributed by atoms with E-state index < -0.39 is 5.97 Å². The second kappa shape index (κ2) is 11.0. The Kier molecular flexibility index (Phi) is 8.29. The Morgan fingerprint density at radius 3 is 2.44 bits per heavy atom. The van der Waals surface area contributed by atoms with Gasteiger partial charge in [-0.1, -0.05) is 29.8 Å². The molecule has 0 aliphatic rings. The minimum absolute atomic E-state index is 0.189. The molecule has 0 radical (unpaired) electrons. The van der Waals surface area contributed by atoms with Crippen LogP contribution in [0.5, 0.6) is 5.75 Å². The lowest BCUT2D eigenvalue weighted by molar-refractivity contribution is -0.148. The summed E-state index contributed by atoms with van der Waals surface area (Å²) >= 11 is 0. The van der Waals surface area contributed by atoms with Crippen LogP contribution in [0, 0.1) is 12.7 Å². The molecule has 0 aliphatic carbocycles. The highest BCUT2D eigenvalue weighted by atomic mass is 19.1. The van der Waals surface area contributed by atoms with Crippen LogP contribution < -0.4 is 10.1 Å². The molecule has 2 aromatic carbocycles. The normalized spacial score (nSPS) is 10.3. The lowest BCUT2D eigenvalue weighted by Gasteiger charge is -2.08. The zero-order valence-electron chi connectivity index (χ0n) is 15.4. The maximum absolute atomic E-state index is 12.8. The van der Waals surface area contributed by atoms with Crippen molar-refractivity contribution in [2.75, 3.05) is 19.8 Å². The first-order chi connectivity index (χ1) is 13.0. The molecule has 0 spiro atoms. The molecule has 0 bridgehead atoms. The molecule has 1 N–H and O–H groups in total. The van der Waals surface area contributed by atoms with Crippen molar-refractivity contribution in [3.05, 3.63) is 65.5 Å². The molecule has 0 saturated carbocycles. The van der Waals surface area contributed by atoms with Gasteiger partial charge in [0.1, 0.15) is 11.6 Å². The molecule has 0 fully saturated rings. The Bertz CT molecular complexity index is 729. The lowest BCUT2D eigenvalue weighted by Crippen LogP contribution is -2.30. The molecule has 0 aliphatic heterocycles. The Morgan fingerprint density at radius 2 is 1.74 bits per heavy atom.